The van der Waals surface area contributed by atoms with E-state index in [1.165, 1.54) is 0 Å². The highest BCUT2D eigenvalue weighted by Gasteiger charge is 2.28. The van der Waals surface area contributed by atoms with Gasteiger partial charge in [0.05, 0.1) is 31.3 Å². The van der Waals surface area contributed by atoms with E-state index in [4.69, 9.17) is 9.47 Å². The summed E-state index contributed by atoms with van der Waals surface area (Å²) in [5.41, 5.74) is 2.15. The summed E-state index contributed by atoms with van der Waals surface area (Å²) in [4.78, 5) is 9.10. The van der Waals surface area contributed by atoms with E-state index in [1.807, 2.05) is 31.2 Å². The molecule has 0 spiro atoms. The van der Waals surface area contributed by atoms with Gasteiger partial charge in [-0.2, -0.15) is 8.78 Å². The lowest BCUT2D eigenvalue weighted by molar-refractivity contribution is 0.0557. The Hall–Kier alpha value is -2.71. The van der Waals surface area contributed by atoms with Crippen LogP contribution in [0.5, 0.6) is 11.5 Å². The van der Waals surface area contributed by atoms with Gasteiger partial charge < -0.3 is 9.47 Å². The number of benzene rings is 2. The number of ether oxygens (including phenoxy) is 2. The molecule has 2 heterocycles. The zero-order valence-corrected chi connectivity index (χ0v) is 18.1. The Bertz CT molecular complexity index is 1030. The molecule has 1 atom stereocenters. The van der Waals surface area contributed by atoms with Crippen molar-refractivity contribution >= 4 is 11.0 Å². The molecule has 0 aliphatic carbocycles. The molecule has 1 aliphatic rings. The fourth-order valence-corrected chi connectivity index (χ4v) is 4.28. The van der Waals surface area contributed by atoms with Gasteiger partial charge >= 0.3 is 6.55 Å². The van der Waals surface area contributed by atoms with Crippen molar-refractivity contribution in [1.82, 2.24) is 19.4 Å². The Kier molecular flexibility index (Phi) is 6.38. The Morgan fingerprint density at radius 3 is 2.42 bits per heavy atom. The van der Waals surface area contributed by atoms with Gasteiger partial charge in [-0.15, -0.1) is 0 Å². The average Bonchev–Trinajstić information content (AvgIpc) is 3.19. The highest BCUT2D eigenvalue weighted by molar-refractivity contribution is 5.76. The summed E-state index contributed by atoms with van der Waals surface area (Å²) in [6.45, 7) is 3.31. The molecule has 31 heavy (non-hydrogen) atoms. The van der Waals surface area contributed by atoms with Gasteiger partial charge in [0.1, 0.15) is 17.3 Å². The van der Waals surface area contributed by atoms with E-state index in [0.29, 0.717) is 16.9 Å². The maximum atomic E-state index is 13.8. The number of alkyl halides is 2. The van der Waals surface area contributed by atoms with E-state index in [0.717, 1.165) is 54.4 Å². The van der Waals surface area contributed by atoms with Crippen LogP contribution in [0.15, 0.2) is 42.5 Å². The number of nitrogens with zero attached hydrogens (tertiary/aromatic N) is 4. The second-order valence-corrected chi connectivity index (χ2v) is 7.77. The maximum Gasteiger partial charge on any atom is 0.320 e. The molecule has 3 aromatic rings. The van der Waals surface area contributed by atoms with E-state index >= 15 is 0 Å². The van der Waals surface area contributed by atoms with Crippen molar-refractivity contribution in [3.05, 3.63) is 53.9 Å². The number of piperazine rings is 1. The number of imidazole rings is 1. The average molecular weight is 430 g/mol. The molecular formula is C23H28F2N4O2. The summed E-state index contributed by atoms with van der Waals surface area (Å²) in [6, 6.07) is 12.7. The number of aromatic nitrogens is 2. The fourth-order valence-electron chi connectivity index (χ4n) is 4.28. The van der Waals surface area contributed by atoms with Gasteiger partial charge in [0, 0.05) is 38.3 Å². The topological polar surface area (TPSA) is 42.8 Å². The van der Waals surface area contributed by atoms with Crippen LogP contribution in [0.4, 0.5) is 8.78 Å². The molecule has 1 fully saturated rings. The van der Waals surface area contributed by atoms with Gasteiger partial charge in [-0.25, -0.2) is 4.98 Å². The van der Waals surface area contributed by atoms with Crippen LogP contribution in [0.1, 0.15) is 30.9 Å². The molecule has 0 radical (unpaired) electrons. The third-order valence-corrected chi connectivity index (χ3v) is 6.03. The highest BCUT2D eigenvalue weighted by Crippen LogP contribution is 2.30. The molecule has 6 nitrogen and oxygen atoms in total. The maximum absolute atomic E-state index is 13.8. The molecule has 166 valence electrons. The van der Waals surface area contributed by atoms with E-state index in [2.05, 4.69) is 14.8 Å². The minimum atomic E-state index is -2.62. The third kappa shape index (κ3) is 4.36. The van der Waals surface area contributed by atoms with Crippen LogP contribution in [0.3, 0.4) is 0 Å². The predicted octanol–water partition coefficient (Wildman–Crippen LogP) is 4.33. The largest absolute Gasteiger partial charge is 0.497 e. The van der Waals surface area contributed by atoms with Gasteiger partial charge in [0.2, 0.25) is 0 Å². The molecule has 0 amide bonds. The first-order valence-electron chi connectivity index (χ1n) is 10.4. The second kappa shape index (κ2) is 9.20. The van der Waals surface area contributed by atoms with Gasteiger partial charge in [0.25, 0.3) is 0 Å². The molecule has 0 bridgehead atoms. The lowest BCUT2D eigenvalue weighted by Crippen LogP contribution is -2.47. The summed E-state index contributed by atoms with van der Waals surface area (Å²) in [5, 5.41) is 0. The van der Waals surface area contributed by atoms with Crippen molar-refractivity contribution in [3.8, 4) is 11.5 Å². The number of rotatable bonds is 7. The molecular weight excluding hydrogens is 402 g/mol. The van der Waals surface area contributed by atoms with E-state index < -0.39 is 6.55 Å². The van der Waals surface area contributed by atoms with Crippen molar-refractivity contribution < 1.29 is 18.3 Å². The summed E-state index contributed by atoms with van der Waals surface area (Å²) in [5.74, 6) is 2.05. The molecule has 2 aromatic carbocycles. The van der Waals surface area contributed by atoms with E-state index in [9.17, 15) is 8.78 Å². The van der Waals surface area contributed by atoms with Crippen LogP contribution in [0.25, 0.3) is 11.0 Å². The van der Waals surface area contributed by atoms with Gasteiger partial charge in [-0.1, -0.05) is 12.1 Å². The zero-order valence-electron chi connectivity index (χ0n) is 18.1. The van der Waals surface area contributed by atoms with Crippen molar-refractivity contribution in [2.75, 3.05) is 40.4 Å². The Morgan fingerprint density at radius 1 is 1.00 bits per heavy atom. The number of hydrogen-bond acceptors (Lipinski definition) is 5. The van der Waals surface area contributed by atoms with Crippen LogP contribution in [0.2, 0.25) is 0 Å². The predicted molar refractivity (Wildman–Crippen MR) is 116 cm³/mol. The van der Waals surface area contributed by atoms with Crippen LogP contribution in [-0.4, -0.2) is 59.7 Å². The van der Waals surface area contributed by atoms with E-state index in [-0.39, 0.29) is 6.04 Å². The van der Waals surface area contributed by atoms with Gasteiger partial charge in [-0.3, -0.25) is 14.4 Å². The first kappa shape index (κ1) is 21.5. The minimum Gasteiger partial charge on any atom is -0.497 e. The van der Waals surface area contributed by atoms with Crippen LogP contribution in [-0.2, 0) is 6.54 Å². The highest BCUT2D eigenvalue weighted by atomic mass is 19.3. The molecule has 1 saturated heterocycles. The SMILES string of the molecule is COc1ccc(OC)c(CN2CCN(C(C)c3nc4ccccc4n3C(F)F)CC2)c1. The van der Waals surface area contributed by atoms with Crippen molar-refractivity contribution in [2.24, 2.45) is 0 Å². The van der Waals surface area contributed by atoms with Crippen LogP contribution < -0.4 is 9.47 Å². The number of para-hydroxylation sites is 2. The molecule has 1 aliphatic heterocycles. The standard InChI is InChI=1S/C23H28F2N4O2/c1-16(22-26-19-6-4-5-7-20(19)29(22)23(24)25)28-12-10-27(11-13-28)15-17-14-18(30-2)8-9-21(17)31-3/h4-9,14,16,23H,10-13,15H2,1-3H3. The first-order chi connectivity index (χ1) is 15.0. The number of methoxy groups -OCH3 is 2. The van der Waals surface area contributed by atoms with Crippen LogP contribution >= 0.6 is 0 Å². The molecule has 1 unspecified atom stereocenters. The summed E-state index contributed by atoms with van der Waals surface area (Å²) in [7, 11) is 3.32. The summed E-state index contributed by atoms with van der Waals surface area (Å²) < 4.78 is 39.6. The van der Waals surface area contributed by atoms with Crippen molar-refractivity contribution in [2.45, 2.75) is 26.1 Å². The summed E-state index contributed by atoms with van der Waals surface area (Å²) in [6.07, 6.45) is 0. The first-order valence-corrected chi connectivity index (χ1v) is 10.4. The third-order valence-electron chi connectivity index (χ3n) is 6.03. The normalized spacial score (nSPS) is 16.7. The Balaban J connectivity index is 1.46. The molecule has 4 rings (SSSR count). The van der Waals surface area contributed by atoms with Crippen molar-refractivity contribution in [1.29, 1.82) is 0 Å². The Morgan fingerprint density at radius 2 is 1.74 bits per heavy atom. The molecule has 0 saturated carbocycles. The number of fused-ring (bicyclic) bond motifs is 1. The number of hydrogen-bond donors (Lipinski definition) is 0. The minimum absolute atomic E-state index is 0.199. The van der Waals surface area contributed by atoms with Crippen molar-refractivity contribution in [3.63, 3.8) is 0 Å². The second-order valence-electron chi connectivity index (χ2n) is 7.77. The zero-order chi connectivity index (χ0) is 22.0. The lowest BCUT2D eigenvalue weighted by Gasteiger charge is -2.38. The van der Waals surface area contributed by atoms with Gasteiger partial charge in [0.15, 0.2) is 0 Å². The molecule has 1 aromatic heterocycles. The van der Waals surface area contributed by atoms with Crippen LogP contribution in [0, 0.1) is 0 Å². The fraction of sp³-hybridized carbons (Fsp3) is 0.435. The smallest absolute Gasteiger partial charge is 0.320 e. The summed E-state index contributed by atoms with van der Waals surface area (Å²) >= 11 is 0. The molecule has 0 N–H and O–H groups in total. The quantitative estimate of drug-likeness (QED) is 0.558. The lowest BCUT2D eigenvalue weighted by atomic mass is 10.1. The molecule has 8 heteroatoms. The van der Waals surface area contributed by atoms with Gasteiger partial charge in [-0.05, 0) is 37.3 Å². The number of halogens is 2. The Labute approximate surface area is 181 Å². The van der Waals surface area contributed by atoms with E-state index in [1.54, 1.807) is 32.4 Å². The monoisotopic (exact) mass is 430 g/mol.